The number of amides is 3. The van der Waals surface area contributed by atoms with Crippen molar-refractivity contribution in [1.29, 1.82) is 0 Å². The molecule has 0 radical (unpaired) electrons. The highest BCUT2D eigenvalue weighted by atomic mass is 16.5. The number of carbonyl (C=O) groups is 2. The molecule has 0 saturated carbocycles. The van der Waals surface area contributed by atoms with Crippen LogP contribution in [0.15, 0.2) is 54.6 Å². The van der Waals surface area contributed by atoms with Crippen LogP contribution in [0.4, 0.5) is 10.5 Å². The molecule has 0 aromatic heterocycles. The molecular weight excluding hydrogens is 330 g/mol. The maximum atomic E-state index is 12.0. The van der Waals surface area contributed by atoms with Crippen LogP contribution in [0.3, 0.4) is 0 Å². The number of nitrogens with zero attached hydrogens (tertiary/aromatic N) is 1. The Hall–Kier alpha value is -3.02. The van der Waals surface area contributed by atoms with Crippen LogP contribution in [-0.4, -0.2) is 44.1 Å². The van der Waals surface area contributed by atoms with E-state index in [9.17, 15) is 9.59 Å². The molecule has 2 N–H and O–H groups in total. The van der Waals surface area contributed by atoms with E-state index in [1.165, 1.54) is 10.5 Å². The summed E-state index contributed by atoms with van der Waals surface area (Å²) >= 11 is 0. The Bertz CT molecular complexity index is 717. The Kier molecular flexibility index (Phi) is 7.49. The lowest BCUT2D eigenvalue weighted by atomic mass is 10.1. The quantitative estimate of drug-likeness (QED) is 0.715. The van der Waals surface area contributed by atoms with Crippen molar-refractivity contribution in [2.24, 2.45) is 0 Å². The number of hydrogen-bond acceptors (Lipinski definition) is 3. The number of likely N-dealkylation sites (N-methyl/N-ethyl adjacent to an activating group) is 1. The van der Waals surface area contributed by atoms with E-state index in [1.807, 2.05) is 36.4 Å². The van der Waals surface area contributed by atoms with Gasteiger partial charge in [0.05, 0.1) is 18.8 Å². The molecule has 6 nitrogen and oxygen atoms in total. The van der Waals surface area contributed by atoms with E-state index in [0.717, 1.165) is 12.8 Å². The van der Waals surface area contributed by atoms with Gasteiger partial charge < -0.3 is 20.3 Å². The molecule has 0 atom stereocenters. The lowest BCUT2D eigenvalue weighted by Gasteiger charge is -2.14. The van der Waals surface area contributed by atoms with Gasteiger partial charge in [0, 0.05) is 14.1 Å². The number of aryl methyl sites for hydroxylation is 1. The maximum Gasteiger partial charge on any atom is 0.319 e. The van der Waals surface area contributed by atoms with E-state index >= 15 is 0 Å². The third-order valence-electron chi connectivity index (χ3n) is 3.74. The number of hydrogen-bond donors (Lipinski definition) is 2. The number of para-hydroxylation sites is 2. The number of ether oxygens (including phenoxy) is 1. The Labute approximate surface area is 154 Å². The summed E-state index contributed by atoms with van der Waals surface area (Å²) in [6.45, 7) is 0.493. The number of carbonyl (C=O) groups excluding carboxylic acids is 2. The SMILES string of the molecule is CN(C)C(=O)CNC(=O)Nc1ccccc1OCCCc1ccccc1. The van der Waals surface area contributed by atoms with Crippen LogP contribution in [0.25, 0.3) is 0 Å². The van der Waals surface area contributed by atoms with Crippen molar-refractivity contribution < 1.29 is 14.3 Å². The van der Waals surface area contributed by atoms with E-state index in [-0.39, 0.29) is 12.5 Å². The van der Waals surface area contributed by atoms with Crippen molar-refractivity contribution in [1.82, 2.24) is 10.2 Å². The first-order chi connectivity index (χ1) is 12.6. The summed E-state index contributed by atoms with van der Waals surface area (Å²) in [4.78, 5) is 24.9. The fourth-order valence-electron chi connectivity index (χ4n) is 2.28. The third kappa shape index (κ3) is 6.47. The molecule has 0 aliphatic carbocycles. The van der Waals surface area contributed by atoms with E-state index in [1.54, 1.807) is 20.2 Å². The van der Waals surface area contributed by atoms with Gasteiger partial charge in [0.15, 0.2) is 0 Å². The van der Waals surface area contributed by atoms with E-state index in [2.05, 4.69) is 22.8 Å². The highest BCUT2D eigenvalue weighted by Gasteiger charge is 2.10. The van der Waals surface area contributed by atoms with Gasteiger partial charge in [-0.3, -0.25) is 4.79 Å². The summed E-state index contributed by atoms with van der Waals surface area (Å²) in [7, 11) is 3.28. The number of benzene rings is 2. The van der Waals surface area contributed by atoms with Gasteiger partial charge >= 0.3 is 6.03 Å². The molecule has 0 fully saturated rings. The zero-order valence-corrected chi connectivity index (χ0v) is 15.2. The first-order valence-corrected chi connectivity index (χ1v) is 8.57. The smallest absolute Gasteiger partial charge is 0.319 e. The molecule has 2 rings (SSSR count). The van der Waals surface area contributed by atoms with Gasteiger partial charge in [-0.25, -0.2) is 4.79 Å². The molecular formula is C20H25N3O3. The maximum absolute atomic E-state index is 12.0. The summed E-state index contributed by atoms with van der Waals surface area (Å²) in [5.74, 6) is 0.431. The molecule has 0 aliphatic heterocycles. The molecule has 0 bridgehead atoms. The molecule has 3 amide bonds. The summed E-state index contributed by atoms with van der Waals surface area (Å²) in [6, 6.07) is 17.0. The van der Waals surface area contributed by atoms with Crippen LogP contribution in [0.5, 0.6) is 5.75 Å². The fourth-order valence-corrected chi connectivity index (χ4v) is 2.28. The Morgan fingerprint density at radius 1 is 1.00 bits per heavy atom. The Balaban J connectivity index is 1.81. The minimum Gasteiger partial charge on any atom is -0.491 e. The molecule has 0 spiro atoms. The van der Waals surface area contributed by atoms with Gasteiger partial charge in [-0.2, -0.15) is 0 Å². The molecule has 0 saturated heterocycles. The third-order valence-corrected chi connectivity index (χ3v) is 3.74. The van der Waals surface area contributed by atoms with Gasteiger partial charge in [-0.15, -0.1) is 0 Å². The first-order valence-electron chi connectivity index (χ1n) is 8.57. The monoisotopic (exact) mass is 355 g/mol. The lowest BCUT2D eigenvalue weighted by molar-refractivity contribution is -0.127. The largest absolute Gasteiger partial charge is 0.491 e. The predicted octanol–water partition coefficient (Wildman–Crippen LogP) is 2.91. The van der Waals surface area contributed by atoms with Crippen molar-refractivity contribution >= 4 is 17.6 Å². The van der Waals surface area contributed by atoms with Crippen LogP contribution < -0.4 is 15.4 Å². The minimum atomic E-state index is -0.444. The van der Waals surface area contributed by atoms with E-state index < -0.39 is 6.03 Å². The standard InChI is InChI=1S/C20H25N3O3/c1-23(2)19(24)15-21-20(25)22-17-12-6-7-13-18(17)26-14-8-11-16-9-4-3-5-10-16/h3-7,9-10,12-13H,8,11,14-15H2,1-2H3,(H2,21,22,25). The van der Waals surface area contributed by atoms with Crippen LogP contribution in [-0.2, 0) is 11.2 Å². The summed E-state index contributed by atoms with van der Waals surface area (Å²) in [5.41, 5.74) is 1.84. The van der Waals surface area contributed by atoms with Crippen molar-refractivity contribution in [2.75, 3.05) is 32.6 Å². The second kappa shape index (κ2) is 10.1. The van der Waals surface area contributed by atoms with Crippen molar-refractivity contribution in [3.63, 3.8) is 0 Å². The molecule has 6 heteroatoms. The number of nitrogens with one attached hydrogen (secondary N) is 2. The highest BCUT2D eigenvalue weighted by molar-refractivity contribution is 5.93. The Morgan fingerprint density at radius 2 is 1.69 bits per heavy atom. The van der Waals surface area contributed by atoms with Gasteiger partial charge in [0.2, 0.25) is 5.91 Å². The van der Waals surface area contributed by atoms with Crippen molar-refractivity contribution in [2.45, 2.75) is 12.8 Å². The number of anilines is 1. The second-order valence-electron chi connectivity index (χ2n) is 6.03. The van der Waals surface area contributed by atoms with Crippen LogP contribution in [0.2, 0.25) is 0 Å². The molecule has 0 unspecified atom stereocenters. The summed E-state index contributed by atoms with van der Waals surface area (Å²) in [5, 5.41) is 5.25. The topological polar surface area (TPSA) is 70.7 Å². The van der Waals surface area contributed by atoms with Gasteiger partial charge in [0.25, 0.3) is 0 Å². The Morgan fingerprint density at radius 3 is 2.42 bits per heavy atom. The van der Waals surface area contributed by atoms with Crippen molar-refractivity contribution in [3.05, 3.63) is 60.2 Å². The number of rotatable bonds is 8. The summed E-state index contributed by atoms with van der Waals surface area (Å²) < 4.78 is 5.81. The van der Waals surface area contributed by atoms with E-state index in [4.69, 9.17) is 4.74 Å². The molecule has 0 aliphatic rings. The van der Waals surface area contributed by atoms with Crippen LogP contribution >= 0.6 is 0 Å². The van der Waals surface area contributed by atoms with Crippen molar-refractivity contribution in [3.8, 4) is 5.75 Å². The van der Waals surface area contributed by atoms with Crippen LogP contribution in [0, 0.1) is 0 Å². The average Bonchev–Trinajstić information content (AvgIpc) is 2.65. The van der Waals surface area contributed by atoms with Gasteiger partial charge in [-0.05, 0) is 30.5 Å². The first kappa shape index (κ1) is 19.3. The highest BCUT2D eigenvalue weighted by Crippen LogP contribution is 2.23. The summed E-state index contributed by atoms with van der Waals surface area (Å²) in [6.07, 6.45) is 1.81. The minimum absolute atomic E-state index is 0.0566. The normalized spacial score (nSPS) is 10.1. The average molecular weight is 355 g/mol. The zero-order chi connectivity index (χ0) is 18.8. The van der Waals surface area contributed by atoms with Crippen LogP contribution in [0.1, 0.15) is 12.0 Å². The lowest BCUT2D eigenvalue weighted by Crippen LogP contribution is -2.38. The number of urea groups is 1. The molecule has 2 aromatic carbocycles. The molecule has 2 aromatic rings. The predicted molar refractivity (Wildman–Crippen MR) is 102 cm³/mol. The second-order valence-corrected chi connectivity index (χ2v) is 6.03. The molecule has 138 valence electrons. The van der Waals surface area contributed by atoms with Gasteiger partial charge in [-0.1, -0.05) is 42.5 Å². The zero-order valence-electron chi connectivity index (χ0n) is 15.2. The molecule has 0 heterocycles. The molecule has 26 heavy (non-hydrogen) atoms. The van der Waals surface area contributed by atoms with Gasteiger partial charge in [0.1, 0.15) is 5.75 Å². The fraction of sp³-hybridized carbons (Fsp3) is 0.300. The van der Waals surface area contributed by atoms with E-state index in [0.29, 0.717) is 18.0 Å².